The fourth-order valence-corrected chi connectivity index (χ4v) is 2.25. The number of nitrogens with one attached hydrogen (secondary N) is 1. The molecular weight excluding hydrogens is 304 g/mol. The Morgan fingerprint density at radius 3 is 2.95 bits per heavy atom. The molecule has 3 N–H and O–H groups in total. The Kier molecular flexibility index (Phi) is 5.15. The monoisotopic (exact) mass is 322 g/mol. The lowest BCUT2D eigenvalue weighted by Crippen LogP contribution is -2.51. The first-order valence-electron chi connectivity index (χ1n) is 7.08. The van der Waals surface area contributed by atoms with Crippen LogP contribution in [-0.4, -0.2) is 21.6 Å². The zero-order valence-corrected chi connectivity index (χ0v) is 13.4. The number of aromatic nitrogens is 2. The molecule has 0 saturated carbocycles. The predicted molar refractivity (Wildman–Crippen MR) is 84.1 cm³/mol. The summed E-state index contributed by atoms with van der Waals surface area (Å²) in [5.41, 5.74) is 5.81. The number of hydrogen-bond donors (Lipinski definition) is 2. The normalized spacial score (nSPS) is 13.6. The molecule has 0 saturated heterocycles. The Labute approximate surface area is 134 Å². The van der Waals surface area contributed by atoms with E-state index in [0.717, 1.165) is 12.0 Å². The highest BCUT2D eigenvalue weighted by atomic mass is 35.5. The first-order chi connectivity index (χ1) is 10.4. The molecule has 0 aliphatic rings. The fourth-order valence-electron chi connectivity index (χ4n) is 2.06. The third-order valence-electron chi connectivity index (χ3n) is 3.24. The van der Waals surface area contributed by atoms with Gasteiger partial charge in [0.1, 0.15) is 0 Å². The highest BCUT2D eigenvalue weighted by molar-refractivity contribution is 6.30. The van der Waals surface area contributed by atoms with Crippen LogP contribution in [0, 0.1) is 0 Å². The Morgan fingerprint density at radius 2 is 2.27 bits per heavy atom. The third-order valence-corrected chi connectivity index (χ3v) is 3.47. The van der Waals surface area contributed by atoms with E-state index in [2.05, 4.69) is 15.5 Å². The highest BCUT2D eigenvalue weighted by Crippen LogP contribution is 2.19. The van der Waals surface area contributed by atoms with Crippen LogP contribution in [0.4, 0.5) is 0 Å². The van der Waals surface area contributed by atoms with E-state index < -0.39 is 5.54 Å². The van der Waals surface area contributed by atoms with Gasteiger partial charge in [0.15, 0.2) is 0 Å². The molecule has 2 rings (SSSR count). The summed E-state index contributed by atoms with van der Waals surface area (Å²) in [5, 5.41) is 7.18. The summed E-state index contributed by atoms with van der Waals surface area (Å²) in [5.74, 6) is 0.503. The number of rotatable bonds is 6. The van der Waals surface area contributed by atoms with E-state index in [1.165, 1.54) is 0 Å². The van der Waals surface area contributed by atoms with Gasteiger partial charge in [-0.2, -0.15) is 4.98 Å². The molecule has 1 unspecified atom stereocenters. The molecule has 0 aliphatic carbocycles. The molecule has 1 atom stereocenters. The lowest BCUT2D eigenvalue weighted by atomic mass is 9.97. The van der Waals surface area contributed by atoms with E-state index in [1.54, 1.807) is 25.1 Å². The van der Waals surface area contributed by atoms with Crippen molar-refractivity contribution in [1.29, 1.82) is 0 Å². The molecule has 0 spiro atoms. The van der Waals surface area contributed by atoms with Gasteiger partial charge in [0.2, 0.25) is 17.6 Å². The average molecular weight is 323 g/mol. The second kappa shape index (κ2) is 6.89. The van der Waals surface area contributed by atoms with Crippen LogP contribution in [0.3, 0.4) is 0 Å². The summed E-state index contributed by atoms with van der Waals surface area (Å²) in [4.78, 5) is 16.2. The number of amides is 1. The minimum absolute atomic E-state index is 0.142. The molecule has 22 heavy (non-hydrogen) atoms. The summed E-state index contributed by atoms with van der Waals surface area (Å²) in [6.45, 7) is 3.83. The Bertz CT molecular complexity index is 654. The van der Waals surface area contributed by atoms with Gasteiger partial charge >= 0.3 is 0 Å². The van der Waals surface area contributed by atoms with Crippen LogP contribution in [0.2, 0.25) is 5.02 Å². The zero-order valence-electron chi connectivity index (χ0n) is 12.6. The molecule has 0 fully saturated rings. The average Bonchev–Trinajstić information content (AvgIpc) is 2.93. The molecule has 2 aromatic rings. The first-order valence-corrected chi connectivity index (χ1v) is 7.46. The molecule has 7 heteroatoms. The molecule has 1 heterocycles. The molecule has 0 bridgehead atoms. The van der Waals surface area contributed by atoms with Crippen LogP contribution >= 0.6 is 11.6 Å². The van der Waals surface area contributed by atoms with Crippen molar-refractivity contribution in [3.05, 3.63) is 35.2 Å². The maximum Gasteiger partial charge on any atom is 0.246 e. The molecular formula is C15H19ClN4O2. The highest BCUT2D eigenvalue weighted by Gasteiger charge is 2.27. The smallest absolute Gasteiger partial charge is 0.246 e. The minimum atomic E-state index is -0.898. The van der Waals surface area contributed by atoms with Crippen LogP contribution in [0.25, 0.3) is 11.4 Å². The molecule has 6 nitrogen and oxygen atoms in total. The number of carbonyl (C=O) groups excluding carboxylic acids is 1. The first kappa shape index (κ1) is 16.5. The molecule has 1 aromatic carbocycles. The lowest BCUT2D eigenvalue weighted by molar-refractivity contribution is -0.126. The van der Waals surface area contributed by atoms with Crippen LogP contribution in [-0.2, 0) is 11.3 Å². The molecule has 0 aliphatic heterocycles. The molecule has 1 amide bonds. The van der Waals surface area contributed by atoms with E-state index in [0.29, 0.717) is 23.2 Å². The van der Waals surface area contributed by atoms with E-state index >= 15 is 0 Å². The van der Waals surface area contributed by atoms with Crippen molar-refractivity contribution >= 4 is 17.5 Å². The van der Waals surface area contributed by atoms with E-state index in [-0.39, 0.29) is 12.5 Å². The van der Waals surface area contributed by atoms with E-state index in [4.69, 9.17) is 21.9 Å². The van der Waals surface area contributed by atoms with Gasteiger partial charge in [-0.1, -0.05) is 42.2 Å². The van der Waals surface area contributed by atoms with Crippen LogP contribution in [0.5, 0.6) is 0 Å². The molecule has 118 valence electrons. The van der Waals surface area contributed by atoms with Crippen molar-refractivity contribution in [2.75, 3.05) is 0 Å². The fraction of sp³-hybridized carbons (Fsp3) is 0.400. The second-order valence-corrected chi connectivity index (χ2v) is 5.81. The molecule has 0 radical (unpaired) electrons. The van der Waals surface area contributed by atoms with Crippen molar-refractivity contribution in [1.82, 2.24) is 15.5 Å². The van der Waals surface area contributed by atoms with Crippen molar-refractivity contribution in [3.8, 4) is 11.4 Å². The quantitative estimate of drug-likeness (QED) is 0.852. The predicted octanol–water partition coefficient (Wildman–Crippen LogP) is 2.52. The number of nitrogens with two attached hydrogens (primary N) is 1. The van der Waals surface area contributed by atoms with Gasteiger partial charge in [0.25, 0.3) is 0 Å². The summed E-state index contributed by atoms with van der Waals surface area (Å²) >= 11 is 5.93. The molecule has 1 aromatic heterocycles. The van der Waals surface area contributed by atoms with Gasteiger partial charge in [-0.15, -0.1) is 0 Å². The Balaban J connectivity index is 2.00. The second-order valence-electron chi connectivity index (χ2n) is 5.37. The number of carbonyl (C=O) groups is 1. The SMILES string of the molecule is CCCC(C)(N)C(=O)NCc1nc(-c2cccc(Cl)c2)no1. The topological polar surface area (TPSA) is 94.0 Å². The minimum Gasteiger partial charge on any atom is -0.345 e. The Hall–Kier alpha value is -1.92. The summed E-state index contributed by atoms with van der Waals surface area (Å²) in [7, 11) is 0. The van der Waals surface area contributed by atoms with Gasteiger partial charge in [0, 0.05) is 10.6 Å². The largest absolute Gasteiger partial charge is 0.345 e. The summed E-state index contributed by atoms with van der Waals surface area (Å²) < 4.78 is 5.12. The van der Waals surface area contributed by atoms with Gasteiger partial charge in [0.05, 0.1) is 12.1 Å². The van der Waals surface area contributed by atoms with E-state index in [1.807, 2.05) is 13.0 Å². The lowest BCUT2D eigenvalue weighted by Gasteiger charge is -2.22. The van der Waals surface area contributed by atoms with Gasteiger partial charge < -0.3 is 15.6 Å². The standard InChI is InChI=1S/C15H19ClN4O2/c1-3-7-15(2,17)14(21)18-9-12-19-13(20-22-12)10-5-4-6-11(16)8-10/h4-6,8H,3,7,9,17H2,1-2H3,(H,18,21). The van der Waals surface area contributed by atoms with Crippen LogP contribution in [0.15, 0.2) is 28.8 Å². The third kappa shape index (κ3) is 4.05. The maximum atomic E-state index is 12.0. The van der Waals surface area contributed by atoms with Gasteiger partial charge in [-0.25, -0.2) is 0 Å². The van der Waals surface area contributed by atoms with Crippen LogP contribution in [0.1, 0.15) is 32.6 Å². The zero-order chi connectivity index (χ0) is 16.2. The van der Waals surface area contributed by atoms with Crippen LogP contribution < -0.4 is 11.1 Å². The van der Waals surface area contributed by atoms with Crippen molar-refractivity contribution in [2.24, 2.45) is 5.73 Å². The summed E-state index contributed by atoms with van der Waals surface area (Å²) in [6, 6.07) is 7.15. The van der Waals surface area contributed by atoms with Crippen molar-refractivity contribution < 1.29 is 9.32 Å². The van der Waals surface area contributed by atoms with Crippen molar-refractivity contribution in [2.45, 2.75) is 38.8 Å². The van der Waals surface area contributed by atoms with Gasteiger partial charge in [-0.05, 0) is 25.5 Å². The van der Waals surface area contributed by atoms with E-state index in [9.17, 15) is 4.79 Å². The van der Waals surface area contributed by atoms with Crippen molar-refractivity contribution in [3.63, 3.8) is 0 Å². The maximum absolute atomic E-state index is 12.0. The summed E-state index contributed by atoms with van der Waals surface area (Å²) in [6.07, 6.45) is 1.44. The number of halogens is 1. The number of benzene rings is 1. The number of hydrogen-bond acceptors (Lipinski definition) is 5. The Morgan fingerprint density at radius 1 is 1.50 bits per heavy atom. The van der Waals surface area contributed by atoms with Gasteiger partial charge in [-0.3, -0.25) is 4.79 Å². The number of nitrogens with zero attached hydrogens (tertiary/aromatic N) is 2.